The van der Waals surface area contributed by atoms with Gasteiger partial charge in [0.15, 0.2) is 27.2 Å². The lowest BCUT2D eigenvalue weighted by Gasteiger charge is -2.15. The smallest absolute Gasteiger partial charge is 0.434 e. The van der Waals surface area contributed by atoms with E-state index < -0.39 is 28.3 Å². The minimum absolute atomic E-state index is 0.0290. The van der Waals surface area contributed by atoms with Gasteiger partial charge < -0.3 is 13.7 Å². The molecule has 14 heteroatoms. The number of ether oxygens (including phenoxy) is 1. The van der Waals surface area contributed by atoms with Gasteiger partial charge in [0.1, 0.15) is 17.3 Å². The molecule has 0 amide bonds. The van der Waals surface area contributed by atoms with Gasteiger partial charge in [0.25, 0.3) is 0 Å². The van der Waals surface area contributed by atoms with Crippen LogP contribution in [0.2, 0.25) is 5.02 Å². The topological polar surface area (TPSA) is 87.2 Å². The van der Waals surface area contributed by atoms with Gasteiger partial charge in [-0.1, -0.05) is 29.8 Å². The number of sulfone groups is 1. The highest BCUT2D eigenvalue weighted by Gasteiger charge is 2.35. The fourth-order valence-electron chi connectivity index (χ4n) is 4.51. The fraction of sp³-hybridized carbons (Fsp3) is 0.172. The second-order valence-corrected chi connectivity index (χ2v) is 11.9. The van der Waals surface area contributed by atoms with E-state index in [1.165, 1.54) is 41.8 Å². The van der Waals surface area contributed by atoms with Crippen LogP contribution < -0.4 is 4.74 Å². The molecule has 0 radical (unpaired) electrons. The second-order valence-electron chi connectivity index (χ2n) is 9.51. The van der Waals surface area contributed by atoms with Crippen LogP contribution in [0.1, 0.15) is 17.4 Å². The summed E-state index contributed by atoms with van der Waals surface area (Å²) >= 11 is 6.04. The van der Waals surface area contributed by atoms with Gasteiger partial charge in [-0.2, -0.15) is 22.0 Å². The van der Waals surface area contributed by atoms with Crippen LogP contribution in [0.4, 0.5) is 22.0 Å². The van der Waals surface area contributed by atoms with Crippen LogP contribution in [0, 0.1) is 13.8 Å². The van der Waals surface area contributed by atoms with Crippen LogP contribution >= 0.6 is 11.6 Å². The highest BCUT2D eigenvalue weighted by Crippen LogP contribution is 2.41. The summed E-state index contributed by atoms with van der Waals surface area (Å²) in [5.74, 6) is -0.0160. The molecule has 0 spiro atoms. The van der Waals surface area contributed by atoms with Crippen molar-refractivity contribution < 1.29 is 39.5 Å². The van der Waals surface area contributed by atoms with Crippen molar-refractivity contribution >= 4 is 21.4 Å². The largest absolute Gasteiger partial charge is 0.440 e. The van der Waals surface area contributed by atoms with Crippen LogP contribution in [-0.4, -0.2) is 35.8 Å². The number of hydrogen-bond donors (Lipinski definition) is 0. The summed E-state index contributed by atoms with van der Waals surface area (Å²) in [4.78, 5) is 8.24. The van der Waals surface area contributed by atoms with Crippen molar-refractivity contribution in [2.75, 3.05) is 6.26 Å². The average molecular weight is 638 g/mol. The first-order valence-electron chi connectivity index (χ1n) is 12.4. The lowest BCUT2D eigenvalue weighted by Crippen LogP contribution is -2.05. The third kappa shape index (κ3) is 6.27. The molecule has 0 aliphatic rings. The second kappa shape index (κ2) is 11.1. The van der Waals surface area contributed by atoms with E-state index in [1.807, 2.05) is 0 Å². The van der Waals surface area contributed by atoms with E-state index in [9.17, 15) is 30.4 Å². The summed E-state index contributed by atoms with van der Waals surface area (Å²) in [6.07, 6.45) is -2.78. The highest BCUT2D eigenvalue weighted by molar-refractivity contribution is 7.90. The Labute approximate surface area is 247 Å². The first-order chi connectivity index (χ1) is 20.1. The van der Waals surface area contributed by atoms with E-state index in [1.54, 1.807) is 37.3 Å². The van der Waals surface area contributed by atoms with Crippen molar-refractivity contribution in [1.29, 1.82) is 0 Å². The van der Waals surface area contributed by atoms with Gasteiger partial charge in [-0.25, -0.2) is 18.4 Å². The molecule has 3 aromatic carbocycles. The Morgan fingerprint density at radius 1 is 0.953 bits per heavy atom. The molecule has 0 saturated carbocycles. The Kier molecular flexibility index (Phi) is 7.82. The van der Waals surface area contributed by atoms with Gasteiger partial charge >= 0.3 is 12.8 Å². The summed E-state index contributed by atoms with van der Waals surface area (Å²) in [5.41, 5.74) is 0.872. The fourth-order valence-corrected chi connectivity index (χ4v) is 5.34. The molecular formula is C29H21ClF5N3O4S. The van der Waals surface area contributed by atoms with Crippen molar-refractivity contribution in [2.45, 2.75) is 31.5 Å². The van der Waals surface area contributed by atoms with Crippen LogP contribution in [0.3, 0.4) is 0 Å². The molecular weight excluding hydrogens is 617 g/mol. The number of benzene rings is 3. The normalized spacial score (nSPS) is 12.2. The van der Waals surface area contributed by atoms with Crippen LogP contribution in [0.5, 0.6) is 5.75 Å². The summed E-state index contributed by atoms with van der Waals surface area (Å²) in [6, 6.07) is 15.0. The molecule has 0 bridgehead atoms. The third-order valence-corrected chi connectivity index (χ3v) is 7.85. The van der Waals surface area contributed by atoms with E-state index in [0.29, 0.717) is 11.1 Å². The van der Waals surface area contributed by atoms with Crippen LogP contribution in [0.25, 0.3) is 39.4 Å². The lowest BCUT2D eigenvalue weighted by atomic mass is 9.98. The maximum absolute atomic E-state index is 13.6. The summed E-state index contributed by atoms with van der Waals surface area (Å²) in [7, 11) is -3.54. The van der Waals surface area contributed by atoms with Gasteiger partial charge in [-0.15, -0.1) is 0 Å². The zero-order chi connectivity index (χ0) is 31.3. The van der Waals surface area contributed by atoms with E-state index >= 15 is 0 Å². The number of aryl methyl sites for hydroxylation is 2. The number of halogens is 6. The Bertz CT molecular complexity index is 1950. The van der Waals surface area contributed by atoms with Crippen molar-refractivity contribution in [3.63, 3.8) is 0 Å². The van der Waals surface area contributed by atoms with Crippen molar-refractivity contribution in [3.05, 3.63) is 89.3 Å². The summed E-state index contributed by atoms with van der Waals surface area (Å²) in [6.45, 7) is -0.199. The molecule has 43 heavy (non-hydrogen) atoms. The molecule has 0 fully saturated rings. The van der Waals surface area contributed by atoms with E-state index in [0.717, 1.165) is 12.5 Å². The monoisotopic (exact) mass is 637 g/mol. The lowest BCUT2D eigenvalue weighted by molar-refractivity contribution is -0.141. The standard InChI is InChI=1S/C29H21ClF5N3O4S/c1-15-36-25(29(33,34)35)14-38(15)23-10-8-18(17-5-4-6-20(11-17)43(3,39)40)12-21(23)26-27(41-16(2)37-26)19-7-9-22(30)24(13-19)42-28(31)32/h4-14,28H,1-3H3. The van der Waals surface area contributed by atoms with E-state index in [4.69, 9.17) is 16.0 Å². The van der Waals surface area contributed by atoms with Crippen LogP contribution in [-0.2, 0) is 16.0 Å². The number of hydrogen-bond acceptors (Lipinski definition) is 6. The van der Waals surface area contributed by atoms with Gasteiger partial charge in [0.05, 0.1) is 15.6 Å². The Morgan fingerprint density at radius 3 is 2.30 bits per heavy atom. The average Bonchev–Trinajstić information content (AvgIpc) is 3.51. The first-order valence-corrected chi connectivity index (χ1v) is 14.7. The molecule has 7 nitrogen and oxygen atoms in total. The molecule has 5 rings (SSSR count). The summed E-state index contributed by atoms with van der Waals surface area (Å²) in [5, 5.41) is -0.0796. The highest BCUT2D eigenvalue weighted by atomic mass is 35.5. The van der Waals surface area contributed by atoms with Gasteiger partial charge in [-0.05, 0) is 60.5 Å². The quantitative estimate of drug-likeness (QED) is 0.167. The zero-order valence-electron chi connectivity index (χ0n) is 22.6. The number of rotatable bonds is 7. The minimum Gasteiger partial charge on any atom is -0.440 e. The molecule has 0 unspecified atom stereocenters. The molecule has 0 saturated heterocycles. The number of aromatic nitrogens is 3. The number of nitrogens with zero attached hydrogens (tertiary/aromatic N) is 3. The van der Waals surface area contributed by atoms with Crippen molar-refractivity contribution in [3.8, 4) is 45.1 Å². The zero-order valence-corrected chi connectivity index (χ0v) is 24.2. The van der Waals surface area contributed by atoms with E-state index in [2.05, 4.69) is 14.7 Å². The minimum atomic E-state index is -4.71. The molecule has 0 aliphatic heterocycles. The van der Waals surface area contributed by atoms with Crippen LogP contribution in [0.15, 0.2) is 76.2 Å². The molecule has 2 aromatic heterocycles. The molecule has 0 N–H and O–H groups in total. The molecule has 224 valence electrons. The maximum Gasteiger partial charge on any atom is 0.434 e. The Morgan fingerprint density at radius 2 is 1.65 bits per heavy atom. The molecule has 0 aliphatic carbocycles. The first kappa shape index (κ1) is 30.2. The SMILES string of the molecule is Cc1nc(-c2cc(-c3cccc(S(C)(=O)=O)c3)ccc2-n2cc(C(F)(F)F)nc2C)c(-c2ccc(Cl)c(OC(F)F)c2)o1. The van der Waals surface area contributed by atoms with Crippen molar-refractivity contribution in [1.82, 2.24) is 14.5 Å². The Balaban J connectivity index is 1.77. The molecule has 0 atom stereocenters. The predicted octanol–water partition coefficient (Wildman–Crippen LogP) is 8.16. The number of alkyl halides is 5. The van der Waals surface area contributed by atoms with Crippen molar-refractivity contribution in [2.24, 2.45) is 0 Å². The Hall–Kier alpha value is -4.23. The number of imidazole rings is 1. The number of oxazole rings is 1. The van der Waals surface area contributed by atoms with Gasteiger partial charge in [-0.3, -0.25) is 0 Å². The van der Waals surface area contributed by atoms with Gasteiger partial charge in [0.2, 0.25) is 0 Å². The molecule has 5 aromatic rings. The van der Waals surface area contributed by atoms with E-state index in [-0.39, 0.29) is 55.7 Å². The van der Waals surface area contributed by atoms with Gasteiger partial charge in [0, 0.05) is 30.5 Å². The third-order valence-electron chi connectivity index (χ3n) is 6.42. The maximum atomic E-state index is 13.6. The predicted molar refractivity (Wildman–Crippen MR) is 149 cm³/mol. The molecule has 2 heterocycles. The summed E-state index contributed by atoms with van der Waals surface area (Å²) < 4.78 is 103.